The summed E-state index contributed by atoms with van der Waals surface area (Å²) < 4.78 is 5.13. The van der Waals surface area contributed by atoms with Gasteiger partial charge in [-0.25, -0.2) is 0 Å². The van der Waals surface area contributed by atoms with E-state index in [0.29, 0.717) is 19.7 Å². The molecule has 5 heteroatoms. The molecule has 0 radical (unpaired) electrons. The quantitative estimate of drug-likeness (QED) is 0.737. The molecule has 0 aliphatic carbocycles. The topological polar surface area (TPSA) is 58.8 Å². The lowest BCUT2D eigenvalue weighted by Gasteiger charge is -2.18. The third-order valence-electron chi connectivity index (χ3n) is 2.79. The molecule has 1 rings (SSSR count). The van der Waals surface area contributed by atoms with Crippen molar-refractivity contribution >= 4 is 11.6 Å². The van der Waals surface area contributed by atoms with Gasteiger partial charge in [-0.05, 0) is 17.7 Å². The van der Waals surface area contributed by atoms with E-state index >= 15 is 0 Å². The molecule has 0 aliphatic rings. The summed E-state index contributed by atoms with van der Waals surface area (Å²) in [6, 6.07) is 8.14. The summed E-state index contributed by atoms with van der Waals surface area (Å²) in [5.74, 6) is -0.0369. The molecule has 0 unspecified atom stereocenters. The Morgan fingerprint density at radius 3 is 2.37 bits per heavy atom. The Balaban J connectivity index is 2.47. The van der Waals surface area contributed by atoms with Crippen LogP contribution in [0.25, 0.3) is 0 Å². The molecular weight excluding hydrogens is 242 g/mol. The number of rotatable bonds is 7. The Labute approximate surface area is 114 Å². The first kappa shape index (κ1) is 15.5. The molecule has 0 heterocycles. The number of anilines is 1. The van der Waals surface area contributed by atoms with Gasteiger partial charge in [-0.15, -0.1) is 0 Å². The molecule has 2 N–H and O–H groups in total. The summed E-state index contributed by atoms with van der Waals surface area (Å²) in [7, 11) is 5.77. The first-order valence-electron chi connectivity index (χ1n) is 6.32. The lowest BCUT2D eigenvalue weighted by molar-refractivity contribution is -0.135. The molecule has 0 bridgehead atoms. The lowest BCUT2D eigenvalue weighted by atomic mass is 10.2. The molecule has 0 aliphatic heterocycles. The Kier molecular flexibility index (Phi) is 6.32. The Hall–Kier alpha value is -1.59. The number of carbonyl (C=O) groups excluding carboxylic acids is 1. The fraction of sp³-hybridized carbons (Fsp3) is 0.500. The second kappa shape index (κ2) is 7.76. The first-order valence-corrected chi connectivity index (χ1v) is 6.32. The van der Waals surface area contributed by atoms with Crippen LogP contribution in [0.15, 0.2) is 24.3 Å². The molecule has 5 nitrogen and oxygen atoms in total. The van der Waals surface area contributed by atoms with E-state index in [9.17, 15) is 4.79 Å². The van der Waals surface area contributed by atoms with Crippen LogP contribution in [0.3, 0.4) is 0 Å². The zero-order chi connectivity index (χ0) is 14.3. The number of hydrogen-bond acceptors (Lipinski definition) is 4. The van der Waals surface area contributed by atoms with Gasteiger partial charge in [-0.3, -0.25) is 4.79 Å². The summed E-state index contributed by atoms with van der Waals surface area (Å²) in [4.78, 5) is 15.4. The van der Waals surface area contributed by atoms with Gasteiger partial charge in [0.25, 0.3) is 0 Å². The van der Waals surface area contributed by atoms with Crippen molar-refractivity contribution in [3.8, 4) is 0 Å². The van der Waals surface area contributed by atoms with E-state index in [4.69, 9.17) is 10.5 Å². The molecule has 0 saturated carbocycles. The minimum Gasteiger partial charge on any atom is -0.378 e. The summed E-state index contributed by atoms with van der Waals surface area (Å²) in [5, 5.41) is 0. The smallest absolute Gasteiger partial charge is 0.248 e. The third-order valence-corrected chi connectivity index (χ3v) is 2.79. The van der Waals surface area contributed by atoms with Crippen LogP contribution in [0.4, 0.5) is 5.69 Å². The van der Waals surface area contributed by atoms with E-state index in [2.05, 4.69) is 0 Å². The van der Waals surface area contributed by atoms with Crippen molar-refractivity contribution < 1.29 is 9.53 Å². The fourth-order valence-corrected chi connectivity index (χ4v) is 1.61. The second-order valence-corrected chi connectivity index (χ2v) is 4.65. The van der Waals surface area contributed by atoms with Gasteiger partial charge >= 0.3 is 0 Å². The Bertz CT molecular complexity index is 390. The van der Waals surface area contributed by atoms with Gasteiger partial charge in [0.05, 0.1) is 6.61 Å². The molecule has 0 aromatic heterocycles. The van der Waals surface area contributed by atoms with Crippen LogP contribution in [0.2, 0.25) is 0 Å². The zero-order valence-corrected chi connectivity index (χ0v) is 11.9. The highest BCUT2D eigenvalue weighted by molar-refractivity contribution is 5.77. The maximum atomic E-state index is 11.7. The van der Waals surface area contributed by atoms with E-state index in [-0.39, 0.29) is 12.5 Å². The Morgan fingerprint density at radius 1 is 1.21 bits per heavy atom. The maximum absolute atomic E-state index is 11.7. The zero-order valence-electron chi connectivity index (χ0n) is 11.9. The van der Waals surface area contributed by atoms with Crippen LogP contribution in [0.1, 0.15) is 5.56 Å². The molecule has 0 saturated heterocycles. The number of likely N-dealkylation sites (N-methyl/N-ethyl adjacent to an activating group) is 1. The van der Waals surface area contributed by atoms with Gasteiger partial charge in [-0.1, -0.05) is 12.1 Å². The highest BCUT2D eigenvalue weighted by Gasteiger charge is 2.09. The van der Waals surface area contributed by atoms with E-state index in [1.807, 2.05) is 43.3 Å². The van der Waals surface area contributed by atoms with E-state index in [0.717, 1.165) is 11.3 Å². The van der Waals surface area contributed by atoms with Gasteiger partial charge < -0.3 is 20.3 Å². The molecule has 1 aromatic rings. The average Bonchev–Trinajstić information content (AvgIpc) is 2.39. The number of ether oxygens (including phenoxy) is 1. The maximum Gasteiger partial charge on any atom is 0.248 e. The lowest BCUT2D eigenvalue weighted by Crippen LogP contribution is -2.30. The van der Waals surface area contributed by atoms with Crippen molar-refractivity contribution in [3.63, 3.8) is 0 Å². The molecule has 0 atom stereocenters. The average molecular weight is 265 g/mol. The van der Waals surface area contributed by atoms with Crippen molar-refractivity contribution in [2.24, 2.45) is 5.73 Å². The third kappa shape index (κ3) is 5.28. The fourth-order valence-electron chi connectivity index (χ4n) is 1.61. The van der Waals surface area contributed by atoms with Crippen molar-refractivity contribution in [2.45, 2.75) is 6.54 Å². The molecule has 106 valence electrons. The van der Waals surface area contributed by atoms with Crippen LogP contribution in [0, 0.1) is 0 Å². The minimum atomic E-state index is -0.0369. The Morgan fingerprint density at radius 2 is 1.84 bits per heavy atom. The van der Waals surface area contributed by atoms with Crippen molar-refractivity contribution in [1.29, 1.82) is 0 Å². The first-order chi connectivity index (χ1) is 9.04. The number of nitrogens with two attached hydrogens (primary N) is 1. The van der Waals surface area contributed by atoms with Crippen LogP contribution in [-0.2, 0) is 16.1 Å². The summed E-state index contributed by atoms with van der Waals surface area (Å²) in [5.41, 5.74) is 7.54. The number of amides is 1. The molecule has 19 heavy (non-hydrogen) atoms. The molecular formula is C14H23N3O2. The minimum absolute atomic E-state index is 0.0369. The summed E-state index contributed by atoms with van der Waals surface area (Å²) >= 11 is 0. The molecule has 1 aromatic carbocycles. The van der Waals surface area contributed by atoms with Gasteiger partial charge in [0, 0.05) is 39.9 Å². The predicted octanol–water partition coefficient (Wildman–Crippen LogP) is 0.686. The van der Waals surface area contributed by atoms with Gasteiger partial charge in [0.15, 0.2) is 0 Å². The number of carbonyl (C=O) groups is 1. The number of nitrogens with zero attached hydrogens (tertiary/aromatic N) is 2. The van der Waals surface area contributed by atoms with Crippen LogP contribution in [-0.4, -0.2) is 51.7 Å². The largest absolute Gasteiger partial charge is 0.378 e. The van der Waals surface area contributed by atoms with Crippen molar-refractivity contribution in [2.75, 3.05) is 45.8 Å². The monoisotopic (exact) mass is 265 g/mol. The van der Waals surface area contributed by atoms with Crippen LogP contribution < -0.4 is 10.6 Å². The molecule has 0 fully saturated rings. The van der Waals surface area contributed by atoms with E-state index < -0.39 is 0 Å². The standard InChI is InChI=1S/C14H23N3O2/c1-16(2)13-6-4-12(5-7-13)10-17(3)14(18)11-19-9-8-15/h4-7H,8-11,15H2,1-3H3. The van der Waals surface area contributed by atoms with Crippen LogP contribution >= 0.6 is 0 Å². The van der Waals surface area contributed by atoms with Crippen molar-refractivity contribution in [3.05, 3.63) is 29.8 Å². The SMILES string of the molecule is CN(Cc1ccc(N(C)C)cc1)C(=O)COCCN. The second-order valence-electron chi connectivity index (χ2n) is 4.65. The highest BCUT2D eigenvalue weighted by atomic mass is 16.5. The predicted molar refractivity (Wildman–Crippen MR) is 77.1 cm³/mol. The molecule has 0 spiro atoms. The highest BCUT2D eigenvalue weighted by Crippen LogP contribution is 2.13. The normalized spacial score (nSPS) is 10.3. The van der Waals surface area contributed by atoms with Gasteiger partial charge in [0.1, 0.15) is 6.61 Å². The summed E-state index contributed by atoms with van der Waals surface area (Å²) in [6.07, 6.45) is 0. The summed E-state index contributed by atoms with van der Waals surface area (Å²) in [6.45, 7) is 1.52. The van der Waals surface area contributed by atoms with Crippen LogP contribution in [0.5, 0.6) is 0 Å². The number of benzene rings is 1. The van der Waals surface area contributed by atoms with Crippen molar-refractivity contribution in [1.82, 2.24) is 4.90 Å². The molecule has 1 amide bonds. The number of hydrogen-bond donors (Lipinski definition) is 1. The van der Waals surface area contributed by atoms with Gasteiger partial charge in [0.2, 0.25) is 5.91 Å². The van der Waals surface area contributed by atoms with E-state index in [1.165, 1.54) is 0 Å². The van der Waals surface area contributed by atoms with Gasteiger partial charge in [-0.2, -0.15) is 0 Å². The van der Waals surface area contributed by atoms with E-state index in [1.54, 1.807) is 11.9 Å².